The van der Waals surface area contributed by atoms with Crippen molar-refractivity contribution in [1.82, 2.24) is 5.32 Å². The van der Waals surface area contributed by atoms with Gasteiger partial charge >= 0.3 is 0 Å². The molecule has 0 aliphatic rings. The van der Waals surface area contributed by atoms with E-state index >= 15 is 0 Å². The van der Waals surface area contributed by atoms with Crippen LogP contribution >= 0.6 is 22.9 Å². The third-order valence-electron chi connectivity index (χ3n) is 3.13. The van der Waals surface area contributed by atoms with Crippen molar-refractivity contribution in [2.45, 2.75) is 20.0 Å². The molecule has 0 unspecified atom stereocenters. The molecule has 0 bridgehead atoms. The van der Waals surface area contributed by atoms with E-state index in [-0.39, 0.29) is 0 Å². The first-order valence-electron chi connectivity index (χ1n) is 6.16. The number of halogens is 1. The Bertz CT molecular complexity index is 701. The molecule has 0 saturated carbocycles. The SMILES string of the molecule is Cc1oc2ccccc2c1CNCc1ccc(Cl)s1. The summed E-state index contributed by atoms with van der Waals surface area (Å²) in [4.78, 5) is 1.25. The van der Waals surface area contributed by atoms with Crippen LogP contribution in [0.5, 0.6) is 0 Å². The lowest BCUT2D eigenvalue weighted by atomic mass is 10.1. The van der Waals surface area contributed by atoms with Crippen molar-refractivity contribution < 1.29 is 4.42 Å². The molecule has 2 heterocycles. The maximum atomic E-state index is 5.92. The fourth-order valence-electron chi connectivity index (χ4n) is 2.20. The van der Waals surface area contributed by atoms with Crippen LogP contribution in [0, 0.1) is 6.92 Å². The molecule has 3 aromatic rings. The highest BCUT2D eigenvalue weighted by molar-refractivity contribution is 7.16. The first-order valence-corrected chi connectivity index (χ1v) is 7.35. The highest BCUT2D eigenvalue weighted by atomic mass is 35.5. The van der Waals surface area contributed by atoms with E-state index in [0.29, 0.717) is 0 Å². The molecule has 2 nitrogen and oxygen atoms in total. The standard InChI is InChI=1S/C15H14ClNOS/c1-10-13(12-4-2-3-5-14(12)18-10)9-17-8-11-6-7-15(16)19-11/h2-7,17H,8-9H2,1H3. The summed E-state index contributed by atoms with van der Waals surface area (Å²) in [5.74, 6) is 0.984. The van der Waals surface area contributed by atoms with Gasteiger partial charge in [-0.2, -0.15) is 0 Å². The molecule has 0 fully saturated rings. The number of furan rings is 1. The molecule has 0 radical (unpaired) electrons. The Hall–Kier alpha value is -1.29. The number of benzene rings is 1. The molecule has 1 N–H and O–H groups in total. The molecular formula is C15H14ClNOS. The van der Waals surface area contributed by atoms with E-state index in [1.807, 2.05) is 31.2 Å². The second-order valence-corrected chi connectivity index (χ2v) is 6.24. The van der Waals surface area contributed by atoms with Crippen molar-refractivity contribution in [2.24, 2.45) is 0 Å². The molecule has 3 rings (SSSR count). The van der Waals surface area contributed by atoms with Gasteiger partial charge in [-0.1, -0.05) is 29.8 Å². The molecule has 2 aromatic heterocycles. The largest absolute Gasteiger partial charge is 0.461 e. The van der Waals surface area contributed by atoms with E-state index in [1.165, 1.54) is 15.8 Å². The van der Waals surface area contributed by atoms with E-state index < -0.39 is 0 Å². The summed E-state index contributed by atoms with van der Waals surface area (Å²) >= 11 is 7.53. The van der Waals surface area contributed by atoms with Crippen LogP contribution in [0.25, 0.3) is 11.0 Å². The quantitative estimate of drug-likeness (QED) is 0.750. The Labute approximate surface area is 121 Å². The third-order valence-corrected chi connectivity index (χ3v) is 4.36. The van der Waals surface area contributed by atoms with E-state index in [1.54, 1.807) is 11.3 Å². The van der Waals surface area contributed by atoms with Crippen LogP contribution in [0.2, 0.25) is 4.34 Å². The number of rotatable bonds is 4. The Morgan fingerprint density at radius 1 is 1.16 bits per heavy atom. The molecule has 0 amide bonds. The monoisotopic (exact) mass is 291 g/mol. The van der Waals surface area contributed by atoms with Crippen molar-refractivity contribution in [1.29, 1.82) is 0 Å². The van der Waals surface area contributed by atoms with E-state index in [0.717, 1.165) is 28.8 Å². The number of nitrogens with one attached hydrogen (secondary N) is 1. The number of aryl methyl sites for hydroxylation is 1. The van der Waals surface area contributed by atoms with Crippen LogP contribution in [-0.2, 0) is 13.1 Å². The van der Waals surface area contributed by atoms with Gasteiger partial charge in [0.25, 0.3) is 0 Å². The average Bonchev–Trinajstić information content (AvgIpc) is 2.94. The van der Waals surface area contributed by atoms with Gasteiger partial charge in [0.2, 0.25) is 0 Å². The molecule has 19 heavy (non-hydrogen) atoms. The molecular weight excluding hydrogens is 278 g/mol. The van der Waals surface area contributed by atoms with Gasteiger partial charge in [0.05, 0.1) is 4.34 Å². The predicted octanol–water partition coefficient (Wildman–Crippen LogP) is 4.75. The normalized spacial score (nSPS) is 11.3. The zero-order chi connectivity index (χ0) is 13.2. The van der Waals surface area contributed by atoms with Crippen LogP contribution in [0.1, 0.15) is 16.2 Å². The minimum absolute atomic E-state index is 0.804. The molecule has 98 valence electrons. The van der Waals surface area contributed by atoms with Crippen molar-refractivity contribution in [3.63, 3.8) is 0 Å². The van der Waals surface area contributed by atoms with Crippen molar-refractivity contribution in [2.75, 3.05) is 0 Å². The first kappa shape index (κ1) is 12.7. The lowest BCUT2D eigenvalue weighted by molar-refractivity contribution is 0.565. The Morgan fingerprint density at radius 3 is 2.79 bits per heavy atom. The lowest BCUT2D eigenvalue weighted by Gasteiger charge is -2.02. The van der Waals surface area contributed by atoms with Gasteiger partial charge in [0.1, 0.15) is 11.3 Å². The van der Waals surface area contributed by atoms with Crippen LogP contribution in [0.3, 0.4) is 0 Å². The highest BCUT2D eigenvalue weighted by Gasteiger charge is 2.09. The third kappa shape index (κ3) is 2.68. The van der Waals surface area contributed by atoms with Gasteiger partial charge in [-0.05, 0) is 25.1 Å². The van der Waals surface area contributed by atoms with Crippen LogP contribution in [-0.4, -0.2) is 0 Å². The van der Waals surface area contributed by atoms with Gasteiger partial charge in [-0.15, -0.1) is 11.3 Å². The van der Waals surface area contributed by atoms with Crippen molar-refractivity contribution in [3.8, 4) is 0 Å². The maximum Gasteiger partial charge on any atom is 0.134 e. The van der Waals surface area contributed by atoms with Crippen molar-refractivity contribution >= 4 is 33.9 Å². The molecule has 4 heteroatoms. The van der Waals surface area contributed by atoms with Crippen LogP contribution in [0.15, 0.2) is 40.8 Å². The van der Waals surface area contributed by atoms with Crippen LogP contribution < -0.4 is 5.32 Å². The molecule has 0 saturated heterocycles. The first-order chi connectivity index (χ1) is 9.24. The van der Waals surface area contributed by atoms with Crippen LogP contribution in [0.4, 0.5) is 0 Å². The summed E-state index contributed by atoms with van der Waals surface area (Å²) in [6, 6.07) is 12.1. The fraction of sp³-hybridized carbons (Fsp3) is 0.200. The Morgan fingerprint density at radius 2 is 2.00 bits per heavy atom. The number of thiophene rings is 1. The summed E-state index contributed by atoms with van der Waals surface area (Å²) in [7, 11) is 0. The number of hydrogen-bond donors (Lipinski definition) is 1. The summed E-state index contributed by atoms with van der Waals surface area (Å²) in [5.41, 5.74) is 2.19. The van der Waals surface area contributed by atoms with Crippen molar-refractivity contribution in [3.05, 3.63) is 56.9 Å². The van der Waals surface area contributed by atoms with E-state index in [4.69, 9.17) is 16.0 Å². The number of fused-ring (bicyclic) bond motifs is 1. The minimum Gasteiger partial charge on any atom is -0.461 e. The van der Waals surface area contributed by atoms with Gasteiger partial charge < -0.3 is 9.73 Å². The number of hydrogen-bond acceptors (Lipinski definition) is 3. The summed E-state index contributed by atoms with van der Waals surface area (Å²) in [5, 5.41) is 4.63. The van der Waals surface area contributed by atoms with Gasteiger partial charge in [0, 0.05) is 28.9 Å². The van der Waals surface area contributed by atoms with Gasteiger partial charge in [-0.25, -0.2) is 0 Å². The maximum absolute atomic E-state index is 5.92. The average molecular weight is 292 g/mol. The summed E-state index contributed by atoms with van der Waals surface area (Å²) < 4.78 is 6.58. The van der Waals surface area contributed by atoms with Gasteiger partial charge in [0.15, 0.2) is 0 Å². The lowest BCUT2D eigenvalue weighted by Crippen LogP contribution is -2.12. The summed E-state index contributed by atoms with van der Waals surface area (Å²) in [6.45, 7) is 3.65. The second-order valence-electron chi connectivity index (χ2n) is 4.44. The summed E-state index contributed by atoms with van der Waals surface area (Å²) in [6.07, 6.45) is 0. The predicted molar refractivity (Wildman–Crippen MR) is 80.8 cm³/mol. The topological polar surface area (TPSA) is 25.2 Å². The highest BCUT2D eigenvalue weighted by Crippen LogP contribution is 2.25. The smallest absolute Gasteiger partial charge is 0.134 e. The zero-order valence-electron chi connectivity index (χ0n) is 10.6. The van der Waals surface area contributed by atoms with Gasteiger partial charge in [-0.3, -0.25) is 0 Å². The Balaban J connectivity index is 1.73. The van der Waals surface area contributed by atoms with E-state index in [9.17, 15) is 0 Å². The zero-order valence-corrected chi connectivity index (χ0v) is 12.1. The second kappa shape index (κ2) is 5.37. The molecule has 0 aliphatic heterocycles. The molecule has 0 spiro atoms. The fourth-order valence-corrected chi connectivity index (χ4v) is 3.26. The minimum atomic E-state index is 0.804. The molecule has 1 aromatic carbocycles. The molecule has 0 atom stereocenters. The Kier molecular flexibility index (Phi) is 3.60. The molecule has 0 aliphatic carbocycles. The van der Waals surface area contributed by atoms with E-state index in [2.05, 4.69) is 17.4 Å². The number of para-hydroxylation sites is 1.